The molecule has 5 heteroatoms. The summed E-state index contributed by atoms with van der Waals surface area (Å²) in [6.45, 7) is 1.42. The van der Waals surface area contributed by atoms with Gasteiger partial charge < -0.3 is 20.5 Å². The summed E-state index contributed by atoms with van der Waals surface area (Å²) in [5.74, 6) is -0.0214. The van der Waals surface area contributed by atoms with E-state index in [1.54, 1.807) is 25.3 Å². The summed E-state index contributed by atoms with van der Waals surface area (Å²) in [6.07, 6.45) is 0. The molecule has 0 atom stereocenters. The highest BCUT2D eigenvalue weighted by molar-refractivity contribution is 5.92. The van der Waals surface area contributed by atoms with Crippen LogP contribution in [0.5, 0.6) is 5.75 Å². The first-order valence-electron chi connectivity index (χ1n) is 5.01. The van der Waals surface area contributed by atoms with E-state index in [9.17, 15) is 9.90 Å². The van der Waals surface area contributed by atoms with Crippen LogP contribution in [0.2, 0.25) is 0 Å². The number of anilines is 1. The Morgan fingerprint density at radius 3 is 3.00 bits per heavy atom. The normalized spacial score (nSPS) is 10.1. The number of carbonyl (C=O) groups is 1. The number of benzene rings is 1. The summed E-state index contributed by atoms with van der Waals surface area (Å²) in [5.41, 5.74) is 0.582. The molecule has 0 radical (unpaired) electrons. The molecular weight excluding hydrogens is 208 g/mol. The molecule has 0 bridgehead atoms. The zero-order valence-corrected chi connectivity index (χ0v) is 9.19. The molecule has 1 amide bonds. The van der Waals surface area contributed by atoms with Crippen molar-refractivity contribution < 1.29 is 14.6 Å². The van der Waals surface area contributed by atoms with E-state index >= 15 is 0 Å². The predicted octanol–water partition coefficient (Wildman–Crippen LogP) is 0.567. The Balaban J connectivity index is 2.29. The molecule has 0 aliphatic carbocycles. The van der Waals surface area contributed by atoms with Crippen LogP contribution >= 0.6 is 0 Å². The van der Waals surface area contributed by atoms with Crippen LogP contribution in [0.4, 0.5) is 5.69 Å². The molecule has 16 heavy (non-hydrogen) atoms. The Labute approximate surface area is 94.4 Å². The number of methoxy groups -OCH3 is 1. The second-order valence-corrected chi connectivity index (χ2v) is 3.27. The number of amides is 1. The van der Waals surface area contributed by atoms with Crippen LogP contribution in [0.15, 0.2) is 24.3 Å². The van der Waals surface area contributed by atoms with Crippen LogP contribution in [-0.2, 0) is 9.53 Å². The molecule has 0 aliphatic heterocycles. The fraction of sp³-hybridized carbons (Fsp3) is 0.364. The topological polar surface area (TPSA) is 70.6 Å². The smallest absolute Gasteiger partial charge is 0.238 e. The number of hydrogen-bond acceptors (Lipinski definition) is 4. The quantitative estimate of drug-likeness (QED) is 0.618. The van der Waals surface area contributed by atoms with E-state index in [0.717, 1.165) is 0 Å². The summed E-state index contributed by atoms with van der Waals surface area (Å²) in [5, 5.41) is 14.8. The molecule has 0 aliphatic rings. The lowest BCUT2D eigenvalue weighted by molar-refractivity contribution is -0.115. The Morgan fingerprint density at radius 2 is 2.31 bits per heavy atom. The number of aromatic hydroxyl groups is 1. The van der Waals surface area contributed by atoms with Gasteiger partial charge in [0.2, 0.25) is 5.91 Å². The maximum Gasteiger partial charge on any atom is 0.238 e. The molecule has 5 nitrogen and oxygen atoms in total. The molecule has 0 fully saturated rings. The Hall–Kier alpha value is -1.59. The highest BCUT2D eigenvalue weighted by atomic mass is 16.5. The van der Waals surface area contributed by atoms with Gasteiger partial charge in [0.25, 0.3) is 0 Å². The number of nitrogens with one attached hydrogen (secondary N) is 2. The van der Waals surface area contributed by atoms with Gasteiger partial charge in [0.05, 0.1) is 13.2 Å². The first-order chi connectivity index (χ1) is 7.72. The number of hydrogen-bond donors (Lipinski definition) is 3. The van der Waals surface area contributed by atoms with Crippen LogP contribution in [0.1, 0.15) is 0 Å². The van der Waals surface area contributed by atoms with Gasteiger partial charge in [-0.2, -0.15) is 0 Å². The largest absolute Gasteiger partial charge is 0.508 e. The number of phenolic OH excluding ortho intramolecular Hbond substituents is 1. The van der Waals surface area contributed by atoms with Crippen molar-refractivity contribution in [2.75, 3.05) is 32.1 Å². The average molecular weight is 224 g/mol. The van der Waals surface area contributed by atoms with Crippen molar-refractivity contribution in [2.24, 2.45) is 0 Å². The summed E-state index contributed by atoms with van der Waals surface area (Å²) in [6, 6.07) is 6.43. The van der Waals surface area contributed by atoms with Crippen molar-refractivity contribution in [1.29, 1.82) is 0 Å². The van der Waals surface area contributed by atoms with Crippen molar-refractivity contribution in [3.05, 3.63) is 24.3 Å². The maximum atomic E-state index is 11.4. The van der Waals surface area contributed by atoms with Gasteiger partial charge in [-0.05, 0) is 12.1 Å². The van der Waals surface area contributed by atoms with Gasteiger partial charge in [-0.15, -0.1) is 0 Å². The van der Waals surface area contributed by atoms with Gasteiger partial charge in [0.15, 0.2) is 0 Å². The molecule has 0 saturated carbocycles. The molecular formula is C11H16N2O3. The zero-order chi connectivity index (χ0) is 11.8. The molecule has 0 spiro atoms. The Bertz CT molecular complexity index is 342. The first kappa shape index (κ1) is 12.5. The molecule has 0 unspecified atom stereocenters. The highest BCUT2D eigenvalue weighted by Gasteiger charge is 2.01. The van der Waals surface area contributed by atoms with Crippen LogP contribution in [0, 0.1) is 0 Å². The molecule has 0 aromatic heterocycles. The van der Waals surface area contributed by atoms with Crippen molar-refractivity contribution in [1.82, 2.24) is 5.32 Å². The van der Waals surface area contributed by atoms with Gasteiger partial charge in [0, 0.05) is 25.4 Å². The van der Waals surface area contributed by atoms with Gasteiger partial charge in [-0.3, -0.25) is 4.79 Å². The van der Waals surface area contributed by atoms with E-state index in [-0.39, 0.29) is 18.2 Å². The van der Waals surface area contributed by atoms with E-state index in [0.29, 0.717) is 18.8 Å². The summed E-state index contributed by atoms with van der Waals surface area (Å²) in [4.78, 5) is 11.4. The van der Waals surface area contributed by atoms with E-state index in [1.165, 1.54) is 6.07 Å². The van der Waals surface area contributed by atoms with Crippen molar-refractivity contribution in [3.8, 4) is 5.75 Å². The zero-order valence-electron chi connectivity index (χ0n) is 9.19. The third kappa shape index (κ3) is 4.77. The predicted molar refractivity (Wildman–Crippen MR) is 61.5 cm³/mol. The van der Waals surface area contributed by atoms with Crippen molar-refractivity contribution >= 4 is 11.6 Å². The van der Waals surface area contributed by atoms with E-state index in [1.807, 2.05) is 0 Å². The molecule has 3 N–H and O–H groups in total. The molecule has 1 rings (SSSR count). The summed E-state index contributed by atoms with van der Waals surface area (Å²) < 4.78 is 4.83. The lowest BCUT2D eigenvalue weighted by Gasteiger charge is -2.06. The number of phenols is 1. The minimum absolute atomic E-state index is 0.130. The lowest BCUT2D eigenvalue weighted by atomic mass is 10.3. The molecule has 88 valence electrons. The van der Waals surface area contributed by atoms with E-state index in [4.69, 9.17) is 4.74 Å². The average Bonchev–Trinajstić information content (AvgIpc) is 2.24. The minimum atomic E-state index is -0.151. The molecule has 1 aromatic carbocycles. The van der Waals surface area contributed by atoms with Gasteiger partial charge >= 0.3 is 0 Å². The number of ether oxygens (including phenoxy) is 1. The maximum absolute atomic E-state index is 11.4. The second-order valence-electron chi connectivity index (χ2n) is 3.27. The van der Waals surface area contributed by atoms with Gasteiger partial charge in [-0.1, -0.05) is 6.07 Å². The van der Waals surface area contributed by atoms with Gasteiger partial charge in [0.1, 0.15) is 5.75 Å². The number of carbonyl (C=O) groups excluding carboxylic acids is 1. The SMILES string of the molecule is COCCNCC(=O)Nc1cccc(O)c1. The first-order valence-corrected chi connectivity index (χ1v) is 5.01. The van der Waals surface area contributed by atoms with E-state index in [2.05, 4.69) is 10.6 Å². The van der Waals surface area contributed by atoms with Crippen molar-refractivity contribution in [3.63, 3.8) is 0 Å². The standard InChI is InChI=1S/C11H16N2O3/c1-16-6-5-12-8-11(15)13-9-3-2-4-10(14)7-9/h2-4,7,12,14H,5-6,8H2,1H3,(H,13,15). The van der Waals surface area contributed by atoms with Crippen LogP contribution in [0.3, 0.4) is 0 Å². The lowest BCUT2D eigenvalue weighted by Crippen LogP contribution is -2.30. The van der Waals surface area contributed by atoms with Gasteiger partial charge in [-0.25, -0.2) is 0 Å². The summed E-state index contributed by atoms with van der Waals surface area (Å²) in [7, 11) is 1.61. The number of rotatable bonds is 6. The fourth-order valence-electron chi connectivity index (χ4n) is 1.16. The van der Waals surface area contributed by atoms with Crippen LogP contribution < -0.4 is 10.6 Å². The van der Waals surface area contributed by atoms with Crippen LogP contribution in [-0.4, -0.2) is 37.8 Å². The second kappa shape index (κ2) is 6.81. The third-order valence-corrected chi connectivity index (χ3v) is 1.90. The molecule has 1 aromatic rings. The Kier molecular flexibility index (Phi) is 5.31. The molecule has 0 heterocycles. The monoisotopic (exact) mass is 224 g/mol. The van der Waals surface area contributed by atoms with Crippen LogP contribution in [0.25, 0.3) is 0 Å². The molecule has 0 saturated heterocycles. The highest BCUT2D eigenvalue weighted by Crippen LogP contribution is 2.14. The third-order valence-electron chi connectivity index (χ3n) is 1.90. The fourth-order valence-corrected chi connectivity index (χ4v) is 1.16. The minimum Gasteiger partial charge on any atom is -0.508 e. The van der Waals surface area contributed by atoms with E-state index < -0.39 is 0 Å². The Morgan fingerprint density at radius 1 is 1.50 bits per heavy atom. The van der Waals surface area contributed by atoms with Crippen molar-refractivity contribution in [2.45, 2.75) is 0 Å². The summed E-state index contributed by atoms with van der Waals surface area (Å²) >= 11 is 0.